The van der Waals surface area contributed by atoms with Gasteiger partial charge in [-0.1, -0.05) is 13.8 Å². The van der Waals surface area contributed by atoms with Gasteiger partial charge in [-0.05, 0) is 11.8 Å². The number of nitrogens with zero attached hydrogens (tertiary/aromatic N) is 2. The van der Waals surface area contributed by atoms with Crippen molar-refractivity contribution in [3.8, 4) is 0 Å². The number of aromatic nitrogens is 2. The summed E-state index contributed by atoms with van der Waals surface area (Å²) >= 11 is 0. The van der Waals surface area contributed by atoms with E-state index in [4.69, 9.17) is 16.7 Å². The van der Waals surface area contributed by atoms with Crippen LogP contribution >= 0.6 is 0 Å². The number of anilines is 3. The van der Waals surface area contributed by atoms with Crippen LogP contribution in [0.15, 0.2) is 6.07 Å². The fourth-order valence-electron chi connectivity index (χ4n) is 1.35. The van der Waals surface area contributed by atoms with Gasteiger partial charge in [0.05, 0.1) is 0 Å². The van der Waals surface area contributed by atoms with Crippen LogP contribution in [0.25, 0.3) is 0 Å². The minimum Gasteiger partial charge on any atom is -0.396 e. The first-order valence-electron chi connectivity index (χ1n) is 5.43. The zero-order chi connectivity index (χ0) is 12.9. The molecule has 7 nitrogen and oxygen atoms in total. The molecule has 0 aliphatic heterocycles. The molecule has 0 aliphatic carbocycles. The molecule has 0 saturated carbocycles. The number of aliphatic hydroxyl groups excluding tert-OH is 1. The van der Waals surface area contributed by atoms with Crippen LogP contribution in [0.3, 0.4) is 0 Å². The third-order valence-electron chi connectivity index (χ3n) is 2.43. The number of nitrogens with two attached hydrogens (primary N) is 2. The first kappa shape index (κ1) is 13.5. The van der Waals surface area contributed by atoms with Crippen LogP contribution in [0.2, 0.25) is 0 Å². The average molecular weight is 240 g/mol. The van der Waals surface area contributed by atoms with Crippen molar-refractivity contribution in [2.75, 3.05) is 29.6 Å². The largest absolute Gasteiger partial charge is 0.396 e. The maximum absolute atomic E-state index is 8.93. The lowest BCUT2D eigenvalue weighted by Crippen LogP contribution is -2.25. The molecule has 1 heterocycles. The Hall–Kier alpha value is -1.60. The second kappa shape index (κ2) is 5.65. The second-order valence-corrected chi connectivity index (χ2v) is 4.63. The molecule has 1 aromatic rings. The maximum atomic E-state index is 8.93. The molecule has 0 bridgehead atoms. The zero-order valence-electron chi connectivity index (χ0n) is 10.2. The number of hydrazine groups is 1. The highest BCUT2D eigenvalue weighted by Gasteiger charge is 2.17. The summed E-state index contributed by atoms with van der Waals surface area (Å²) in [6.45, 7) is 4.95. The van der Waals surface area contributed by atoms with Gasteiger partial charge in [-0.2, -0.15) is 9.97 Å². The molecule has 96 valence electrons. The van der Waals surface area contributed by atoms with E-state index in [1.807, 2.05) is 0 Å². The second-order valence-electron chi connectivity index (χ2n) is 4.63. The van der Waals surface area contributed by atoms with Crippen molar-refractivity contribution >= 4 is 17.6 Å². The van der Waals surface area contributed by atoms with Gasteiger partial charge in [-0.15, -0.1) is 0 Å². The van der Waals surface area contributed by atoms with Crippen LogP contribution in [0.1, 0.15) is 20.3 Å². The number of hydrogen-bond donors (Lipinski definition) is 5. The van der Waals surface area contributed by atoms with Crippen molar-refractivity contribution in [2.24, 2.45) is 11.3 Å². The molecule has 0 amide bonds. The minimum absolute atomic E-state index is 0.0230. The van der Waals surface area contributed by atoms with E-state index in [2.05, 4.69) is 34.6 Å². The Morgan fingerprint density at radius 2 is 2.00 bits per heavy atom. The van der Waals surface area contributed by atoms with Gasteiger partial charge in [-0.25, -0.2) is 5.84 Å². The highest BCUT2D eigenvalue weighted by Crippen LogP contribution is 2.21. The normalized spacial score (nSPS) is 11.3. The lowest BCUT2D eigenvalue weighted by atomic mass is 9.90. The smallest absolute Gasteiger partial charge is 0.223 e. The van der Waals surface area contributed by atoms with E-state index < -0.39 is 0 Å². The Labute approximate surface area is 101 Å². The Bertz CT molecular complexity index is 368. The predicted octanol–water partition coefficient (Wildman–Crippen LogP) is 0.165. The lowest BCUT2D eigenvalue weighted by Gasteiger charge is -2.24. The van der Waals surface area contributed by atoms with Crippen molar-refractivity contribution < 1.29 is 5.11 Å². The lowest BCUT2D eigenvalue weighted by molar-refractivity contribution is 0.220. The summed E-state index contributed by atoms with van der Waals surface area (Å²) in [6.07, 6.45) is 0.711. The van der Waals surface area contributed by atoms with Gasteiger partial charge in [0.15, 0.2) is 0 Å². The predicted molar refractivity (Wildman–Crippen MR) is 68.2 cm³/mol. The zero-order valence-corrected chi connectivity index (χ0v) is 10.2. The number of nitrogen functional groups attached to an aromatic ring is 2. The molecule has 1 aromatic heterocycles. The minimum atomic E-state index is -0.0230. The Balaban J connectivity index is 2.65. The molecular formula is C10H20N6O. The Kier molecular flexibility index (Phi) is 4.47. The highest BCUT2D eigenvalue weighted by atomic mass is 16.3. The molecule has 0 spiro atoms. The SMILES string of the molecule is CC(C)(CCO)CNc1cc(NN)nc(N)n1. The Morgan fingerprint density at radius 3 is 2.59 bits per heavy atom. The molecule has 7 N–H and O–H groups in total. The molecule has 0 fully saturated rings. The molecule has 0 saturated heterocycles. The van der Waals surface area contributed by atoms with Gasteiger partial charge >= 0.3 is 0 Å². The van der Waals surface area contributed by atoms with Gasteiger partial charge in [0.25, 0.3) is 0 Å². The maximum Gasteiger partial charge on any atom is 0.223 e. The Morgan fingerprint density at radius 1 is 1.35 bits per heavy atom. The summed E-state index contributed by atoms with van der Waals surface area (Å²) in [7, 11) is 0. The third-order valence-corrected chi connectivity index (χ3v) is 2.43. The fourth-order valence-corrected chi connectivity index (χ4v) is 1.35. The van der Waals surface area contributed by atoms with E-state index in [9.17, 15) is 0 Å². The van der Waals surface area contributed by atoms with E-state index >= 15 is 0 Å². The van der Waals surface area contributed by atoms with Crippen LogP contribution in [-0.4, -0.2) is 28.2 Å². The van der Waals surface area contributed by atoms with Gasteiger partial charge in [0, 0.05) is 19.2 Å². The van der Waals surface area contributed by atoms with E-state index in [0.717, 1.165) is 0 Å². The summed E-state index contributed by atoms with van der Waals surface area (Å²) in [5.41, 5.74) is 7.93. The highest BCUT2D eigenvalue weighted by molar-refractivity contribution is 5.50. The van der Waals surface area contributed by atoms with Crippen molar-refractivity contribution in [1.29, 1.82) is 0 Å². The van der Waals surface area contributed by atoms with Crippen LogP contribution < -0.4 is 22.3 Å². The van der Waals surface area contributed by atoms with Gasteiger partial charge in [0.1, 0.15) is 11.6 Å². The summed E-state index contributed by atoms with van der Waals surface area (Å²) in [5, 5.41) is 12.1. The first-order chi connectivity index (χ1) is 7.96. The molecule has 0 unspecified atom stereocenters. The summed E-state index contributed by atoms with van der Waals surface area (Å²) in [5.74, 6) is 6.48. The molecule has 0 radical (unpaired) electrons. The molecular weight excluding hydrogens is 220 g/mol. The summed E-state index contributed by atoms with van der Waals surface area (Å²) in [6, 6.07) is 1.67. The van der Waals surface area contributed by atoms with Crippen molar-refractivity contribution in [3.05, 3.63) is 6.07 Å². The standard InChI is InChI=1S/C10H20N6O/c1-10(2,3-4-17)6-13-7-5-8(16-12)15-9(11)14-7/h5,17H,3-4,6,12H2,1-2H3,(H4,11,13,14,15,16). The van der Waals surface area contributed by atoms with Gasteiger partial charge < -0.3 is 21.6 Å². The van der Waals surface area contributed by atoms with Crippen LogP contribution in [0.5, 0.6) is 0 Å². The van der Waals surface area contributed by atoms with E-state index in [1.165, 1.54) is 0 Å². The molecule has 0 atom stereocenters. The number of aliphatic hydroxyl groups is 1. The summed E-state index contributed by atoms with van der Waals surface area (Å²) < 4.78 is 0. The number of rotatable bonds is 6. The molecule has 1 rings (SSSR count). The van der Waals surface area contributed by atoms with Crippen molar-refractivity contribution in [2.45, 2.75) is 20.3 Å². The van der Waals surface area contributed by atoms with E-state index in [1.54, 1.807) is 6.07 Å². The molecule has 0 aliphatic rings. The molecule has 0 aromatic carbocycles. The molecule has 17 heavy (non-hydrogen) atoms. The fraction of sp³-hybridized carbons (Fsp3) is 0.600. The van der Waals surface area contributed by atoms with E-state index in [-0.39, 0.29) is 18.0 Å². The quantitative estimate of drug-likeness (QED) is 0.354. The van der Waals surface area contributed by atoms with Crippen LogP contribution in [0, 0.1) is 5.41 Å². The van der Waals surface area contributed by atoms with E-state index in [0.29, 0.717) is 24.6 Å². The average Bonchev–Trinajstić information content (AvgIpc) is 2.26. The van der Waals surface area contributed by atoms with Gasteiger partial charge in [-0.3, -0.25) is 0 Å². The van der Waals surface area contributed by atoms with Crippen molar-refractivity contribution in [1.82, 2.24) is 9.97 Å². The monoisotopic (exact) mass is 240 g/mol. The first-order valence-corrected chi connectivity index (χ1v) is 5.43. The van der Waals surface area contributed by atoms with Crippen LogP contribution in [0.4, 0.5) is 17.6 Å². The topological polar surface area (TPSA) is 122 Å². The molecule has 7 heteroatoms. The summed E-state index contributed by atoms with van der Waals surface area (Å²) in [4.78, 5) is 7.93. The van der Waals surface area contributed by atoms with Gasteiger partial charge in [0.2, 0.25) is 5.95 Å². The third kappa shape index (κ3) is 4.41. The number of nitrogens with one attached hydrogen (secondary N) is 2. The number of hydrogen-bond acceptors (Lipinski definition) is 7. The van der Waals surface area contributed by atoms with Crippen LogP contribution in [-0.2, 0) is 0 Å². The van der Waals surface area contributed by atoms with Crippen molar-refractivity contribution in [3.63, 3.8) is 0 Å².